The predicted molar refractivity (Wildman–Crippen MR) is 73.0 cm³/mol. The lowest BCUT2D eigenvalue weighted by Gasteiger charge is -2.12. The molecule has 4 N–H and O–H groups in total. The van der Waals surface area contributed by atoms with E-state index in [0.717, 1.165) is 0 Å². The molecule has 0 unspecified atom stereocenters. The summed E-state index contributed by atoms with van der Waals surface area (Å²) in [5.74, 6) is -0.280. The van der Waals surface area contributed by atoms with Gasteiger partial charge in [0.25, 0.3) is 5.91 Å². The van der Waals surface area contributed by atoms with Gasteiger partial charge in [-0.25, -0.2) is 0 Å². The van der Waals surface area contributed by atoms with Crippen molar-refractivity contribution in [3.8, 4) is 5.75 Å². The summed E-state index contributed by atoms with van der Waals surface area (Å²) in [6.07, 6.45) is 0. The first kappa shape index (κ1) is 14.8. The number of carbonyl (C=O) groups excluding carboxylic acids is 2. The van der Waals surface area contributed by atoms with E-state index in [1.165, 1.54) is 0 Å². The topological polar surface area (TPSA) is 93.5 Å². The second-order valence-corrected chi connectivity index (χ2v) is 3.79. The van der Waals surface area contributed by atoms with Crippen LogP contribution < -0.4 is 21.1 Å². The Kier molecular flexibility index (Phi) is 5.66. The molecule has 6 nitrogen and oxygen atoms in total. The molecular weight excluding hydrogens is 246 g/mol. The Morgan fingerprint density at radius 3 is 2.63 bits per heavy atom. The molecule has 0 heterocycles. The minimum Gasteiger partial charge on any atom is -0.491 e. The smallest absolute Gasteiger partial charge is 0.255 e. The number of anilines is 1. The fraction of sp³-hybridized carbons (Fsp3) is 0.385. The Morgan fingerprint density at radius 2 is 2.00 bits per heavy atom. The van der Waals surface area contributed by atoms with Crippen molar-refractivity contribution < 1.29 is 14.3 Å². The second-order valence-electron chi connectivity index (χ2n) is 3.79. The van der Waals surface area contributed by atoms with Gasteiger partial charge in [-0.2, -0.15) is 0 Å². The van der Waals surface area contributed by atoms with Gasteiger partial charge in [0.1, 0.15) is 0 Å². The summed E-state index contributed by atoms with van der Waals surface area (Å²) >= 11 is 0. The summed E-state index contributed by atoms with van der Waals surface area (Å²) in [5.41, 5.74) is 6.49. The summed E-state index contributed by atoms with van der Waals surface area (Å²) in [4.78, 5) is 23.2. The van der Waals surface area contributed by atoms with Crippen molar-refractivity contribution in [2.45, 2.75) is 13.8 Å². The number of hydrogen-bond acceptors (Lipinski definition) is 4. The molecule has 104 valence electrons. The number of benzene rings is 1. The minimum absolute atomic E-state index is 0.0764. The summed E-state index contributed by atoms with van der Waals surface area (Å²) < 4.78 is 5.36. The van der Waals surface area contributed by atoms with Gasteiger partial charge in [-0.15, -0.1) is 0 Å². The van der Waals surface area contributed by atoms with E-state index in [1.54, 1.807) is 18.2 Å². The lowest BCUT2D eigenvalue weighted by molar-refractivity contribution is -0.120. The molecule has 0 spiro atoms. The molecule has 0 fully saturated rings. The van der Waals surface area contributed by atoms with Gasteiger partial charge >= 0.3 is 0 Å². The molecule has 1 rings (SSSR count). The molecule has 0 bridgehead atoms. The number of likely N-dealkylation sites (N-methyl/N-ethyl adjacent to an activating group) is 1. The van der Waals surface area contributed by atoms with Gasteiger partial charge in [-0.1, -0.05) is 6.07 Å². The summed E-state index contributed by atoms with van der Waals surface area (Å²) in [6.45, 7) is 4.47. The molecule has 19 heavy (non-hydrogen) atoms. The van der Waals surface area contributed by atoms with E-state index >= 15 is 0 Å². The Bertz CT molecular complexity index is 460. The maximum atomic E-state index is 12.0. The first-order chi connectivity index (χ1) is 9.10. The highest BCUT2D eigenvalue weighted by atomic mass is 16.5. The molecule has 2 amide bonds. The van der Waals surface area contributed by atoms with Gasteiger partial charge in [-0.3, -0.25) is 9.59 Å². The monoisotopic (exact) mass is 265 g/mol. The first-order valence-electron chi connectivity index (χ1n) is 6.16. The maximum absolute atomic E-state index is 12.0. The van der Waals surface area contributed by atoms with Crippen LogP contribution in [-0.4, -0.2) is 31.5 Å². The average Bonchev–Trinajstić information content (AvgIpc) is 2.39. The molecule has 0 aliphatic carbocycles. The van der Waals surface area contributed by atoms with Crippen LogP contribution in [0.5, 0.6) is 5.75 Å². The van der Waals surface area contributed by atoms with E-state index in [0.29, 0.717) is 30.2 Å². The largest absolute Gasteiger partial charge is 0.491 e. The van der Waals surface area contributed by atoms with Gasteiger partial charge < -0.3 is 21.1 Å². The highest BCUT2D eigenvalue weighted by Gasteiger charge is 2.15. The highest BCUT2D eigenvalue weighted by molar-refractivity contribution is 6.00. The van der Waals surface area contributed by atoms with E-state index in [2.05, 4.69) is 10.6 Å². The van der Waals surface area contributed by atoms with E-state index in [1.807, 2.05) is 13.8 Å². The zero-order chi connectivity index (χ0) is 14.3. The molecule has 1 aromatic carbocycles. The number of nitrogen functional groups attached to an aromatic ring is 1. The maximum Gasteiger partial charge on any atom is 0.255 e. The van der Waals surface area contributed by atoms with Crippen LogP contribution in [0.1, 0.15) is 24.2 Å². The van der Waals surface area contributed by atoms with Crippen LogP contribution in [0.25, 0.3) is 0 Å². The van der Waals surface area contributed by atoms with Crippen LogP contribution in [-0.2, 0) is 4.79 Å². The molecule has 6 heteroatoms. The number of nitrogens with one attached hydrogen (secondary N) is 2. The Balaban J connectivity index is 2.76. The summed E-state index contributed by atoms with van der Waals surface area (Å²) in [5, 5.41) is 5.12. The van der Waals surface area contributed by atoms with E-state index in [4.69, 9.17) is 10.5 Å². The molecule has 0 aromatic heterocycles. The highest BCUT2D eigenvalue weighted by Crippen LogP contribution is 2.26. The lowest BCUT2D eigenvalue weighted by Crippen LogP contribution is -2.36. The van der Waals surface area contributed by atoms with Gasteiger partial charge in [-0.05, 0) is 26.0 Å². The Labute approximate surface area is 112 Å². The number of carbonyl (C=O) groups is 2. The molecule has 0 radical (unpaired) electrons. The first-order valence-corrected chi connectivity index (χ1v) is 6.16. The number of hydrogen-bond donors (Lipinski definition) is 3. The van der Waals surface area contributed by atoms with Gasteiger partial charge in [0.05, 0.1) is 24.4 Å². The van der Waals surface area contributed by atoms with Crippen LogP contribution in [0.3, 0.4) is 0 Å². The normalized spacial score (nSPS) is 9.79. The van der Waals surface area contributed by atoms with Gasteiger partial charge in [0.2, 0.25) is 5.91 Å². The van der Waals surface area contributed by atoms with Gasteiger partial charge in [0, 0.05) is 6.54 Å². The summed E-state index contributed by atoms with van der Waals surface area (Å²) in [6, 6.07) is 4.93. The SMILES string of the molecule is CCNC(=O)CNC(=O)c1cccc(N)c1OCC. The number of nitrogens with two attached hydrogens (primary N) is 1. The van der Waals surface area contributed by atoms with Crippen molar-refractivity contribution in [3.05, 3.63) is 23.8 Å². The molecular formula is C13H19N3O3. The number of amides is 2. The standard InChI is InChI=1S/C13H19N3O3/c1-3-15-11(17)8-16-13(18)9-6-5-7-10(14)12(9)19-4-2/h5-7H,3-4,8,14H2,1-2H3,(H,15,17)(H,16,18). The Morgan fingerprint density at radius 1 is 1.26 bits per heavy atom. The van der Waals surface area contributed by atoms with Crippen molar-refractivity contribution in [1.29, 1.82) is 0 Å². The molecule has 1 aromatic rings. The molecule has 0 atom stereocenters. The lowest BCUT2D eigenvalue weighted by atomic mass is 10.1. The third kappa shape index (κ3) is 4.17. The van der Waals surface area contributed by atoms with Crippen LogP contribution >= 0.6 is 0 Å². The third-order valence-electron chi connectivity index (χ3n) is 2.36. The van der Waals surface area contributed by atoms with Crippen molar-refractivity contribution in [3.63, 3.8) is 0 Å². The van der Waals surface area contributed by atoms with Crippen molar-refractivity contribution in [2.75, 3.05) is 25.4 Å². The zero-order valence-corrected chi connectivity index (χ0v) is 11.2. The molecule has 0 saturated carbocycles. The minimum atomic E-state index is -0.387. The van der Waals surface area contributed by atoms with Crippen LogP contribution in [0, 0.1) is 0 Å². The third-order valence-corrected chi connectivity index (χ3v) is 2.36. The van der Waals surface area contributed by atoms with Crippen molar-refractivity contribution in [2.24, 2.45) is 0 Å². The van der Waals surface area contributed by atoms with Crippen LogP contribution in [0.2, 0.25) is 0 Å². The predicted octanol–water partition coefficient (Wildman–Crippen LogP) is 0.533. The fourth-order valence-corrected chi connectivity index (χ4v) is 1.55. The molecule has 0 aliphatic rings. The number of ether oxygens (including phenoxy) is 1. The molecule has 0 saturated heterocycles. The summed E-state index contributed by atoms with van der Waals surface area (Å²) in [7, 11) is 0. The Hall–Kier alpha value is -2.24. The fourth-order valence-electron chi connectivity index (χ4n) is 1.55. The average molecular weight is 265 g/mol. The molecule has 0 aliphatic heterocycles. The quantitative estimate of drug-likeness (QED) is 0.654. The number of para-hydroxylation sites is 1. The van der Waals surface area contributed by atoms with E-state index < -0.39 is 0 Å². The van der Waals surface area contributed by atoms with E-state index in [-0.39, 0.29) is 18.4 Å². The van der Waals surface area contributed by atoms with Crippen molar-refractivity contribution >= 4 is 17.5 Å². The van der Waals surface area contributed by atoms with Crippen molar-refractivity contribution in [1.82, 2.24) is 10.6 Å². The zero-order valence-electron chi connectivity index (χ0n) is 11.2. The van der Waals surface area contributed by atoms with E-state index in [9.17, 15) is 9.59 Å². The van der Waals surface area contributed by atoms with Crippen LogP contribution in [0.15, 0.2) is 18.2 Å². The van der Waals surface area contributed by atoms with Gasteiger partial charge in [0.15, 0.2) is 5.75 Å². The number of rotatable bonds is 6. The van der Waals surface area contributed by atoms with Crippen LogP contribution in [0.4, 0.5) is 5.69 Å². The second kappa shape index (κ2) is 7.25.